The van der Waals surface area contributed by atoms with Crippen LogP contribution in [-0.4, -0.2) is 34.8 Å². The molecule has 2 aromatic carbocycles. The molecule has 3 aromatic rings. The van der Waals surface area contributed by atoms with Gasteiger partial charge in [0, 0.05) is 41.6 Å². The molecule has 0 saturated carbocycles. The van der Waals surface area contributed by atoms with Gasteiger partial charge in [-0.1, -0.05) is 24.0 Å². The number of aryl methyl sites for hydroxylation is 2. The number of ether oxygens (including phenoxy) is 2. The van der Waals surface area contributed by atoms with Crippen molar-refractivity contribution in [2.24, 2.45) is 0 Å². The van der Waals surface area contributed by atoms with E-state index in [-0.39, 0.29) is 17.7 Å². The number of esters is 2. The Hall–Kier alpha value is -3.72. The molecule has 6 heteroatoms. The Morgan fingerprint density at radius 1 is 0.914 bits per heavy atom. The SMILES string of the molecule is CCOC(=O)CCCc1c(C)n(CCCC(=O)OCC)c2c(C#Cc3ccc(O)cc3)cccc12. The van der Waals surface area contributed by atoms with Crippen LogP contribution in [0.4, 0.5) is 0 Å². The third-order valence-corrected chi connectivity index (χ3v) is 5.86. The Bertz CT molecular complexity index is 1230. The maximum absolute atomic E-state index is 11.9. The monoisotopic (exact) mass is 475 g/mol. The molecule has 35 heavy (non-hydrogen) atoms. The van der Waals surface area contributed by atoms with E-state index in [0.29, 0.717) is 45.4 Å². The number of rotatable bonds is 10. The number of phenols is 1. The van der Waals surface area contributed by atoms with Crippen molar-refractivity contribution in [1.29, 1.82) is 0 Å². The van der Waals surface area contributed by atoms with Crippen molar-refractivity contribution in [3.05, 3.63) is 64.8 Å². The van der Waals surface area contributed by atoms with E-state index in [0.717, 1.165) is 34.1 Å². The maximum atomic E-state index is 11.9. The van der Waals surface area contributed by atoms with E-state index in [1.54, 1.807) is 24.3 Å². The van der Waals surface area contributed by atoms with Gasteiger partial charge in [0.25, 0.3) is 0 Å². The number of benzene rings is 2. The molecule has 0 aliphatic carbocycles. The molecule has 1 aromatic heterocycles. The number of aromatic nitrogens is 1. The van der Waals surface area contributed by atoms with Gasteiger partial charge in [-0.25, -0.2) is 0 Å². The Labute approximate surface area is 206 Å². The minimum Gasteiger partial charge on any atom is -0.508 e. The van der Waals surface area contributed by atoms with E-state index in [2.05, 4.69) is 29.4 Å². The average Bonchev–Trinajstić information content (AvgIpc) is 3.10. The van der Waals surface area contributed by atoms with Crippen LogP contribution in [0.3, 0.4) is 0 Å². The summed E-state index contributed by atoms with van der Waals surface area (Å²) in [7, 11) is 0. The molecule has 0 unspecified atom stereocenters. The predicted molar refractivity (Wildman–Crippen MR) is 136 cm³/mol. The van der Waals surface area contributed by atoms with Crippen LogP contribution in [0.25, 0.3) is 10.9 Å². The fourth-order valence-corrected chi connectivity index (χ4v) is 4.24. The average molecular weight is 476 g/mol. The van der Waals surface area contributed by atoms with E-state index >= 15 is 0 Å². The highest BCUT2D eigenvalue weighted by Crippen LogP contribution is 2.30. The highest BCUT2D eigenvalue weighted by atomic mass is 16.5. The number of carbonyl (C=O) groups is 2. The van der Waals surface area contributed by atoms with Crippen LogP contribution < -0.4 is 0 Å². The zero-order valence-electron chi connectivity index (χ0n) is 20.7. The molecule has 3 rings (SSSR count). The van der Waals surface area contributed by atoms with Crippen LogP contribution in [0, 0.1) is 18.8 Å². The largest absolute Gasteiger partial charge is 0.508 e. The van der Waals surface area contributed by atoms with Gasteiger partial charge in [-0.3, -0.25) is 9.59 Å². The fraction of sp³-hybridized carbons (Fsp3) is 0.379. The lowest BCUT2D eigenvalue weighted by atomic mass is 10.0. The lowest BCUT2D eigenvalue weighted by Gasteiger charge is -2.10. The normalized spacial score (nSPS) is 10.6. The molecular weight excluding hydrogens is 442 g/mol. The van der Waals surface area contributed by atoms with Crippen molar-refractivity contribution in [3.8, 4) is 17.6 Å². The summed E-state index contributed by atoms with van der Waals surface area (Å²) >= 11 is 0. The van der Waals surface area contributed by atoms with Gasteiger partial charge in [0.15, 0.2) is 0 Å². The second kappa shape index (κ2) is 12.7. The summed E-state index contributed by atoms with van der Waals surface area (Å²) in [6, 6.07) is 12.9. The smallest absolute Gasteiger partial charge is 0.305 e. The number of nitrogens with zero attached hydrogens (tertiary/aromatic N) is 1. The van der Waals surface area contributed by atoms with Gasteiger partial charge >= 0.3 is 11.9 Å². The molecule has 0 spiro atoms. The maximum Gasteiger partial charge on any atom is 0.305 e. The highest BCUT2D eigenvalue weighted by Gasteiger charge is 2.17. The van der Waals surface area contributed by atoms with Gasteiger partial charge in [-0.2, -0.15) is 0 Å². The Balaban J connectivity index is 1.95. The molecule has 0 amide bonds. The first-order valence-corrected chi connectivity index (χ1v) is 12.2. The molecule has 1 heterocycles. The first-order chi connectivity index (χ1) is 16.9. The zero-order valence-corrected chi connectivity index (χ0v) is 20.7. The van der Waals surface area contributed by atoms with Gasteiger partial charge in [-0.15, -0.1) is 0 Å². The lowest BCUT2D eigenvalue weighted by molar-refractivity contribution is -0.144. The molecule has 6 nitrogen and oxygen atoms in total. The van der Waals surface area contributed by atoms with E-state index in [1.165, 1.54) is 5.56 Å². The topological polar surface area (TPSA) is 77.8 Å². The van der Waals surface area contributed by atoms with Crippen molar-refractivity contribution >= 4 is 22.8 Å². The molecule has 184 valence electrons. The van der Waals surface area contributed by atoms with E-state index in [4.69, 9.17) is 9.47 Å². The number of fused-ring (bicyclic) bond motifs is 1. The zero-order chi connectivity index (χ0) is 25.2. The number of phenolic OH excluding ortho intramolecular Hbond substituents is 1. The van der Waals surface area contributed by atoms with Crippen molar-refractivity contribution in [1.82, 2.24) is 4.57 Å². The third-order valence-electron chi connectivity index (χ3n) is 5.86. The van der Waals surface area contributed by atoms with E-state index < -0.39 is 0 Å². The van der Waals surface area contributed by atoms with Crippen molar-refractivity contribution in [2.45, 2.75) is 59.4 Å². The van der Waals surface area contributed by atoms with Crippen LogP contribution in [0.2, 0.25) is 0 Å². The minimum atomic E-state index is -0.191. The number of carbonyl (C=O) groups excluding carboxylic acids is 2. The van der Waals surface area contributed by atoms with Gasteiger partial charge in [0.2, 0.25) is 0 Å². The molecule has 0 radical (unpaired) electrons. The van der Waals surface area contributed by atoms with Crippen molar-refractivity contribution < 1.29 is 24.2 Å². The van der Waals surface area contributed by atoms with Crippen LogP contribution in [0.1, 0.15) is 61.9 Å². The quantitative estimate of drug-likeness (QED) is 0.319. The second-order valence-corrected chi connectivity index (χ2v) is 8.28. The standard InChI is InChI=1S/C29H33NO5/c1-4-34-27(32)12-7-10-25-21(3)30(20-8-13-28(33)35-5-2)29-23(9-6-11-26(25)29)17-14-22-15-18-24(31)19-16-22/h6,9,11,15-16,18-19,31H,4-5,7-8,10,12-13,20H2,1-3H3. The predicted octanol–water partition coefficient (Wildman–Crippen LogP) is 5.28. The third kappa shape index (κ3) is 6.89. The molecule has 0 fully saturated rings. The summed E-state index contributed by atoms with van der Waals surface area (Å²) in [5.74, 6) is 6.32. The first kappa shape index (κ1) is 25.9. The molecule has 1 N–H and O–H groups in total. The minimum absolute atomic E-state index is 0.177. The van der Waals surface area contributed by atoms with Crippen LogP contribution >= 0.6 is 0 Å². The summed E-state index contributed by atoms with van der Waals surface area (Å²) in [6.45, 7) is 7.14. The summed E-state index contributed by atoms with van der Waals surface area (Å²) in [6.07, 6.45) is 2.84. The van der Waals surface area contributed by atoms with Gasteiger partial charge in [0.05, 0.1) is 18.7 Å². The molecule has 0 atom stereocenters. The molecule has 0 aliphatic rings. The molecular formula is C29H33NO5. The summed E-state index contributed by atoms with van der Waals surface area (Å²) < 4.78 is 12.4. The lowest BCUT2D eigenvalue weighted by Crippen LogP contribution is -2.08. The molecule has 0 aliphatic heterocycles. The van der Waals surface area contributed by atoms with Crippen molar-refractivity contribution in [3.63, 3.8) is 0 Å². The Kier molecular flexibility index (Phi) is 9.37. The summed E-state index contributed by atoms with van der Waals surface area (Å²) in [5.41, 5.74) is 5.05. The van der Waals surface area contributed by atoms with E-state index in [9.17, 15) is 14.7 Å². The van der Waals surface area contributed by atoms with Crippen molar-refractivity contribution in [2.75, 3.05) is 13.2 Å². The van der Waals surface area contributed by atoms with Gasteiger partial charge in [-0.05, 0) is 75.9 Å². The highest BCUT2D eigenvalue weighted by molar-refractivity contribution is 5.90. The number of hydrogen-bond donors (Lipinski definition) is 1. The summed E-state index contributed by atoms with van der Waals surface area (Å²) in [4.78, 5) is 23.7. The Morgan fingerprint density at radius 2 is 1.57 bits per heavy atom. The molecule has 0 saturated heterocycles. The summed E-state index contributed by atoms with van der Waals surface area (Å²) in [5, 5.41) is 10.6. The fourth-order valence-electron chi connectivity index (χ4n) is 4.24. The molecule has 0 bridgehead atoms. The van der Waals surface area contributed by atoms with Gasteiger partial charge < -0.3 is 19.1 Å². The Morgan fingerprint density at radius 3 is 2.23 bits per heavy atom. The number of para-hydroxylation sites is 1. The first-order valence-electron chi connectivity index (χ1n) is 12.2. The van der Waals surface area contributed by atoms with Crippen LogP contribution in [0.5, 0.6) is 5.75 Å². The second-order valence-electron chi connectivity index (χ2n) is 8.28. The number of hydrogen-bond acceptors (Lipinski definition) is 5. The number of aromatic hydroxyl groups is 1. The van der Waals surface area contributed by atoms with Crippen LogP contribution in [0.15, 0.2) is 42.5 Å². The van der Waals surface area contributed by atoms with Gasteiger partial charge in [0.1, 0.15) is 5.75 Å². The van der Waals surface area contributed by atoms with E-state index in [1.807, 2.05) is 26.0 Å². The van der Waals surface area contributed by atoms with Crippen LogP contribution in [-0.2, 0) is 32.0 Å².